The van der Waals surface area contributed by atoms with Gasteiger partial charge < -0.3 is 27.9 Å². The summed E-state index contributed by atoms with van der Waals surface area (Å²) in [6.07, 6.45) is 32.7. The minimum Gasteiger partial charge on any atom is -0.756 e. The van der Waals surface area contributed by atoms with E-state index in [0.29, 0.717) is 11.8 Å². The number of phosphoric acid groups is 2. The molecule has 0 heterocycles. The molecule has 12 heteroatoms. The summed E-state index contributed by atoms with van der Waals surface area (Å²) in [5.41, 5.74) is 0. The fraction of sp³-hybridized carbons (Fsp3) is 1.00. The zero-order valence-electron chi connectivity index (χ0n) is 35.9. The van der Waals surface area contributed by atoms with Crippen LogP contribution in [0.1, 0.15) is 221 Å². The van der Waals surface area contributed by atoms with Crippen LogP contribution in [0.5, 0.6) is 0 Å². The van der Waals surface area contributed by atoms with E-state index in [1.54, 1.807) is 0 Å². The van der Waals surface area contributed by atoms with Gasteiger partial charge in [0.2, 0.25) is 0 Å². The Bertz CT molecular complexity index is 718. The van der Waals surface area contributed by atoms with Crippen LogP contribution in [0.3, 0.4) is 0 Å². The second kappa shape index (κ2) is 46.5. The molecule has 2 unspecified atom stereocenters. The van der Waals surface area contributed by atoms with E-state index in [1.807, 2.05) is 0 Å². The molecule has 0 aliphatic heterocycles. The Hall–Kier alpha value is 2.86. The van der Waals surface area contributed by atoms with Crippen molar-refractivity contribution >= 4 is 15.6 Å². The van der Waals surface area contributed by atoms with Crippen molar-refractivity contribution in [1.29, 1.82) is 0 Å². The molecule has 0 aromatic rings. The van der Waals surface area contributed by atoms with Crippen LogP contribution in [0.2, 0.25) is 0 Å². The van der Waals surface area contributed by atoms with Crippen molar-refractivity contribution in [3.8, 4) is 0 Å². The van der Waals surface area contributed by atoms with Crippen molar-refractivity contribution in [1.82, 2.24) is 0 Å². The van der Waals surface area contributed by atoms with Gasteiger partial charge in [0.1, 0.15) is 0 Å². The summed E-state index contributed by atoms with van der Waals surface area (Å²) >= 11 is 0. The molecule has 0 aliphatic carbocycles. The van der Waals surface area contributed by atoms with Crippen LogP contribution in [0, 0.1) is 11.8 Å². The summed E-state index contributed by atoms with van der Waals surface area (Å²) in [6, 6.07) is 0. The van der Waals surface area contributed by atoms with Gasteiger partial charge in [0.25, 0.3) is 15.6 Å². The Morgan fingerprint density at radius 2 is 0.577 bits per heavy atom. The maximum absolute atomic E-state index is 11.6. The molecule has 0 aromatic heterocycles. The van der Waals surface area contributed by atoms with Crippen LogP contribution >= 0.6 is 15.6 Å². The Kier molecular flexibility index (Phi) is 55.1. The molecule has 0 radical (unpaired) electrons. The van der Waals surface area contributed by atoms with Crippen LogP contribution < -0.4 is 90.7 Å². The molecule has 52 heavy (non-hydrogen) atoms. The molecule has 0 aromatic carbocycles. The first-order chi connectivity index (χ1) is 24.0. The summed E-state index contributed by atoms with van der Waals surface area (Å²) in [5, 5.41) is 0. The summed E-state index contributed by atoms with van der Waals surface area (Å²) in [6.45, 7) is 14.3. The molecular formula is C40H84KNaO8P2. The molecule has 304 valence electrons. The molecule has 0 rings (SSSR count). The smallest absolute Gasteiger partial charge is 0.756 e. The Balaban J connectivity index is -0.000000427. The van der Waals surface area contributed by atoms with Crippen molar-refractivity contribution in [2.45, 2.75) is 221 Å². The third-order valence-corrected chi connectivity index (χ3v) is 10.8. The van der Waals surface area contributed by atoms with E-state index in [2.05, 4.69) is 41.5 Å². The molecule has 0 N–H and O–H groups in total. The normalized spacial score (nSPS) is 13.6. The topological polar surface area (TPSA) is 117 Å². The van der Waals surface area contributed by atoms with Gasteiger partial charge in [-0.1, -0.05) is 196 Å². The van der Waals surface area contributed by atoms with E-state index >= 15 is 0 Å². The van der Waals surface area contributed by atoms with E-state index in [4.69, 9.17) is 18.1 Å². The zero-order chi connectivity index (χ0) is 37.6. The third kappa shape index (κ3) is 55.0. The van der Waals surface area contributed by atoms with Crippen LogP contribution in [0.4, 0.5) is 0 Å². The molecular weight excluding hydrogens is 732 g/mol. The van der Waals surface area contributed by atoms with Crippen molar-refractivity contribution in [3.63, 3.8) is 0 Å². The maximum Gasteiger partial charge on any atom is 1.00 e. The summed E-state index contributed by atoms with van der Waals surface area (Å²) in [4.78, 5) is 23.2. The fourth-order valence-corrected chi connectivity index (χ4v) is 7.18. The first-order valence-electron chi connectivity index (χ1n) is 21.2. The van der Waals surface area contributed by atoms with Crippen LogP contribution in [0.15, 0.2) is 0 Å². The minimum absolute atomic E-state index is 0. The van der Waals surface area contributed by atoms with Gasteiger partial charge in [-0.05, 0) is 37.5 Å². The van der Waals surface area contributed by atoms with Gasteiger partial charge in [-0.3, -0.25) is 9.13 Å². The molecule has 0 aliphatic rings. The van der Waals surface area contributed by atoms with Gasteiger partial charge in [-0.15, -0.1) is 0 Å². The number of unbranched alkanes of at least 4 members (excludes halogenated alkanes) is 22. The first kappa shape index (κ1) is 61.5. The minimum atomic E-state index is -4.09. The van der Waals surface area contributed by atoms with Crippen molar-refractivity contribution in [2.75, 3.05) is 26.4 Å². The van der Waals surface area contributed by atoms with E-state index in [1.165, 1.54) is 103 Å². The summed E-state index contributed by atoms with van der Waals surface area (Å²) in [5.74, 6) is 1.41. The van der Waals surface area contributed by atoms with Crippen LogP contribution in [-0.4, -0.2) is 26.4 Å². The number of phosphoric ester groups is 2. The fourth-order valence-electron chi connectivity index (χ4n) is 5.62. The van der Waals surface area contributed by atoms with Crippen molar-refractivity contribution in [3.05, 3.63) is 0 Å². The quantitative estimate of drug-likeness (QED) is 0.0364. The standard InChI is InChI=1S/2C20H43O4P.K.Na/c2*1-4-5-6-7-8-9-10-11-12-15-18-23-25(21,22)24-19-16-13-14-17-20(2)3;;/h2*20H,4-19H2,1-3H3,(H,21,22);;/q;;2*+1/p-2. The van der Waals surface area contributed by atoms with E-state index in [0.717, 1.165) is 77.0 Å². The van der Waals surface area contributed by atoms with E-state index in [-0.39, 0.29) is 107 Å². The molecule has 8 nitrogen and oxygen atoms in total. The predicted molar refractivity (Wildman–Crippen MR) is 209 cm³/mol. The van der Waals surface area contributed by atoms with E-state index < -0.39 is 15.6 Å². The molecule has 0 saturated heterocycles. The number of hydrogen-bond acceptors (Lipinski definition) is 8. The van der Waals surface area contributed by atoms with Gasteiger partial charge in [0.05, 0.1) is 26.4 Å². The van der Waals surface area contributed by atoms with Gasteiger partial charge >= 0.3 is 80.9 Å². The van der Waals surface area contributed by atoms with Crippen LogP contribution in [-0.2, 0) is 27.2 Å². The first-order valence-corrected chi connectivity index (χ1v) is 24.1. The Morgan fingerprint density at radius 1 is 0.385 bits per heavy atom. The molecule has 2 atom stereocenters. The summed E-state index contributed by atoms with van der Waals surface area (Å²) in [7, 11) is -8.17. The third-order valence-electron chi connectivity index (χ3n) is 8.85. The predicted octanol–water partition coefficient (Wildman–Crippen LogP) is 7.26. The van der Waals surface area contributed by atoms with Crippen LogP contribution in [0.25, 0.3) is 0 Å². The average Bonchev–Trinajstić information content (AvgIpc) is 3.05. The number of hydrogen-bond donors (Lipinski definition) is 0. The SMILES string of the molecule is CCCCCCCCCCCCOP(=O)([O-])OCCCCCC(C)C.CCCCCCCCCCCCOP(=O)([O-])OCCCCCC(C)C.[K+].[Na+]. The number of rotatable bonds is 38. The Labute approximate surface area is 388 Å². The largest absolute Gasteiger partial charge is 1.00 e. The maximum atomic E-state index is 11.6. The van der Waals surface area contributed by atoms with Gasteiger partial charge in [-0.2, -0.15) is 0 Å². The Morgan fingerprint density at radius 3 is 0.788 bits per heavy atom. The zero-order valence-corrected chi connectivity index (χ0v) is 42.9. The molecule has 0 fully saturated rings. The average molecular weight is 817 g/mol. The van der Waals surface area contributed by atoms with Gasteiger partial charge in [-0.25, -0.2) is 0 Å². The van der Waals surface area contributed by atoms with Crippen molar-refractivity contribution < 1.29 is 118 Å². The van der Waals surface area contributed by atoms with Gasteiger partial charge in [0.15, 0.2) is 0 Å². The van der Waals surface area contributed by atoms with E-state index in [9.17, 15) is 18.9 Å². The monoisotopic (exact) mass is 817 g/mol. The second-order valence-electron chi connectivity index (χ2n) is 15.1. The van der Waals surface area contributed by atoms with Gasteiger partial charge in [0, 0.05) is 0 Å². The molecule has 0 spiro atoms. The molecule has 0 amide bonds. The molecule has 0 saturated carbocycles. The second-order valence-corrected chi connectivity index (χ2v) is 17.9. The van der Waals surface area contributed by atoms with Crippen molar-refractivity contribution in [2.24, 2.45) is 11.8 Å². The summed E-state index contributed by atoms with van der Waals surface area (Å²) < 4.78 is 42.9. The molecule has 0 bridgehead atoms.